The quantitative estimate of drug-likeness (QED) is 0.145. The second-order valence-corrected chi connectivity index (χ2v) is 10.7. The Labute approximate surface area is 357 Å². The van der Waals surface area contributed by atoms with Crippen LogP contribution in [0, 0.1) is 71.0 Å². The average molecular weight is 1080 g/mol. The van der Waals surface area contributed by atoms with Gasteiger partial charge in [0.1, 0.15) is 0 Å². The molecule has 0 radical (unpaired) electrons. The van der Waals surface area contributed by atoms with Crippen LogP contribution in [-0.2, 0) is 56.5 Å². The van der Waals surface area contributed by atoms with Crippen molar-refractivity contribution >= 4 is 17.3 Å². The zero-order valence-electron chi connectivity index (χ0n) is 29.7. The van der Waals surface area contributed by atoms with Crippen molar-refractivity contribution in [3.8, 4) is 71.0 Å². The van der Waals surface area contributed by atoms with Gasteiger partial charge >= 0.3 is 0 Å². The molecular formula is C51H30O3Pt2. The number of Topliss-reactive ketones (excluding diaryl/α,β-unsaturated/α-hetero) is 3. The van der Waals surface area contributed by atoms with E-state index in [0.29, 0.717) is 0 Å². The van der Waals surface area contributed by atoms with Crippen molar-refractivity contribution in [2.24, 2.45) is 0 Å². The minimum atomic E-state index is -0.372. The molecule has 272 valence electrons. The number of benzene rings is 6. The second-order valence-electron chi connectivity index (χ2n) is 10.7. The first kappa shape index (κ1) is 45.2. The van der Waals surface area contributed by atoms with E-state index >= 15 is 0 Å². The number of hydrogen-bond donors (Lipinski definition) is 0. The van der Waals surface area contributed by atoms with Crippen LogP contribution in [0.15, 0.2) is 182 Å². The Morgan fingerprint density at radius 2 is 0.357 bits per heavy atom. The molecule has 5 heteroatoms. The van der Waals surface area contributed by atoms with Crippen molar-refractivity contribution in [1.82, 2.24) is 0 Å². The summed E-state index contributed by atoms with van der Waals surface area (Å²) in [5, 5.41) is 0. The second kappa shape index (κ2) is 27.6. The van der Waals surface area contributed by atoms with Crippen LogP contribution in [0.25, 0.3) is 0 Å². The van der Waals surface area contributed by atoms with E-state index in [1.165, 1.54) is 0 Å². The third-order valence-corrected chi connectivity index (χ3v) is 6.56. The summed E-state index contributed by atoms with van der Waals surface area (Å²) in [4.78, 5) is 34.3. The van der Waals surface area contributed by atoms with E-state index in [-0.39, 0.29) is 59.5 Å². The largest absolute Gasteiger partial charge is 0.279 e. The summed E-state index contributed by atoms with van der Waals surface area (Å²) in [5.74, 6) is 30.6. The number of carbonyl (C=O) groups is 3. The van der Waals surface area contributed by atoms with Crippen LogP contribution in [0.1, 0.15) is 33.4 Å². The molecule has 0 aliphatic carbocycles. The monoisotopic (exact) mass is 1080 g/mol. The molecule has 6 aromatic carbocycles. The van der Waals surface area contributed by atoms with Crippen LogP contribution in [0.4, 0.5) is 0 Å². The number of carbonyl (C=O) groups excluding carboxylic acids is 3. The van der Waals surface area contributed by atoms with Crippen molar-refractivity contribution in [2.45, 2.75) is 0 Å². The molecule has 0 aromatic heterocycles. The fraction of sp³-hybridized carbons (Fsp3) is 0. The molecule has 0 saturated heterocycles. The molecule has 0 fully saturated rings. The molecule has 0 spiro atoms. The molecule has 0 saturated carbocycles. The Morgan fingerprint density at radius 3 is 0.482 bits per heavy atom. The van der Waals surface area contributed by atoms with Gasteiger partial charge in [-0.3, -0.25) is 14.4 Å². The van der Waals surface area contributed by atoms with Crippen molar-refractivity contribution in [3.63, 3.8) is 0 Å². The maximum Gasteiger partial charge on any atom is 0.279 e. The molecule has 0 aliphatic rings. The molecule has 6 aromatic rings. The van der Waals surface area contributed by atoms with E-state index in [4.69, 9.17) is 0 Å². The van der Waals surface area contributed by atoms with Gasteiger partial charge in [-0.1, -0.05) is 145 Å². The van der Waals surface area contributed by atoms with Crippen LogP contribution in [0.5, 0.6) is 0 Å². The van der Waals surface area contributed by atoms with Gasteiger partial charge in [0.05, 0.1) is 0 Å². The SMILES string of the molecule is O=C(C#Cc1ccccc1)C#Cc1ccccc1.O=C(C#Cc1ccccc1)C#Cc1ccccc1.O=C(C#Cc1ccccc1)C#Cc1ccccc1.[Pt].[Pt]. The summed E-state index contributed by atoms with van der Waals surface area (Å²) in [6, 6.07) is 56.2. The maximum absolute atomic E-state index is 11.4. The van der Waals surface area contributed by atoms with Gasteiger partial charge in [-0.05, 0) is 108 Å². The van der Waals surface area contributed by atoms with Crippen molar-refractivity contribution in [2.75, 3.05) is 0 Å². The van der Waals surface area contributed by atoms with E-state index in [0.717, 1.165) is 33.4 Å². The van der Waals surface area contributed by atoms with Crippen molar-refractivity contribution in [1.29, 1.82) is 0 Å². The van der Waals surface area contributed by atoms with E-state index < -0.39 is 0 Å². The molecule has 0 aliphatic heterocycles. The maximum atomic E-state index is 11.4. The Bertz CT molecular complexity index is 2070. The molecule has 0 heterocycles. The summed E-state index contributed by atoms with van der Waals surface area (Å²) < 4.78 is 0. The molecule has 0 N–H and O–H groups in total. The minimum absolute atomic E-state index is 0. The fourth-order valence-corrected chi connectivity index (χ4v) is 4.00. The van der Waals surface area contributed by atoms with Gasteiger partial charge in [-0.25, -0.2) is 0 Å². The standard InChI is InChI=1S/3C17H10O.2Pt/c3*18-17(13-11-15-7-3-1-4-8-15)14-12-16-9-5-2-6-10-16;;/h3*1-10H;;. The van der Waals surface area contributed by atoms with Gasteiger partial charge in [0.25, 0.3) is 17.3 Å². The van der Waals surface area contributed by atoms with E-state index in [2.05, 4.69) is 71.0 Å². The van der Waals surface area contributed by atoms with Crippen LogP contribution in [0.2, 0.25) is 0 Å². The Kier molecular flexibility index (Phi) is 22.3. The van der Waals surface area contributed by atoms with Crippen LogP contribution in [0.3, 0.4) is 0 Å². The predicted octanol–water partition coefficient (Wildman–Crippen LogP) is 7.97. The van der Waals surface area contributed by atoms with E-state index in [1.54, 1.807) is 0 Å². The summed E-state index contributed by atoms with van der Waals surface area (Å²) in [6.07, 6.45) is 0. The summed E-state index contributed by atoms with van der Waals surface area (Å²) in [5.41, 5.74) is 4.87. The third kappa shape index (κ3) is 19.8. The van der Waals surface area contributed by atoms with Gasteiger partial charge in [0, 0.05) is 75.5 Å². The van der Waals surface area contributed by atoms with Gasteiger partial charge in [0.2, 0.25) is 0 Å². The Hall–Kier alpha value is -6.93. The minimum Gasteiger partial charge on any atom is -0.270 e. The zero-order chi connectivity index (χ0) is 37.9. The van der Waals surface area contributed by atoms with Crippen LogP contribution < -0.4 is 0 Å². The van der Waals surface area contributed by atoms with E-state index in [1.807, 2.05) is 182 Å². The van der Waals surface area contributed by atoms with Crippen LogP contribution >= 0.6 is 0 Å². The topological polar surface area (TPSA) is 51.2 Å². The van der Waals surface area contributed by atoms with Crippen molar-refractivity contribution in [3.05, 3.63) is 215 Å². The molecule has 0 bridgehead atoms. The Morgan fingerprint density at radius 1 is 0.232 bits per heavy atom. The molecule has 0 unspecified atom stereocenters. The van der Waals surface area contributed by atoms with Gasteiger partial charge in [0.15, 0.2) is 0 Å². The summed E-state index contributed by atoms with van der Waals surface area (Å²) in [6.45, 7) is 0. The summed E-state index contributed by atoms with van der Waals surface area (Å²) >= 11 is 0. The molecule has 3 nitrogen and oxygen atoms in total. The van der Waals surface area contributed by atoms with Crippen LogP contribution in [-0.4, -0.2) is 17.3 Å². The summed E-state index contributed by atoms with van der Waals surface area (Å²) in [7, 11) is 0. The normalized spacial score (nSPS) is 8.14. The molecule has 0 atom stereocenters. The molecule has 0 amide bonds. The molecule has 56 heavy (non-hydrogen) atoms. The third-order valence-electron chi connectivity index (χ3n) is 6.56. The van der Waals surface area contributed by atoms with Gasteiger partial charge in [-0.2, -0.15) is 0 Å². The molecular weight excluding hydrogens is 1050 g/mol. The number of ketones is 3. The number of hydrogen-bond acceptors (Lipinski definition) is 3. The fourth-order valence-electron chi connectivity index (χ4n) is 4.00. The first-order valence-electron chi connectivity index (χ1n) is 16.6. The van der Waals surface area contributed by atoms with Crippen molar-refractivity contribution < 1.29 is 56.5 Å². The first-order valence-corrected chi connectivity index (χ1v) is 16.6. The smallest absolute Gasteiger partial charge is 0.270 e. The number of rotatable bonds is 0. The first-order chi connectivity index (χ1) is 26.5. The van der Waals surface area contributed by atoms with E-state index in [9.17, 15) is 14.4 Å². The molecule has 6 rings (SSSR count). The zero-order valence-corrected chi connectivity index (χ0v) is 34.2. The Balaban J connectivity index is 0.000000285. The van der Waals surface area contributed by atoms with Gasteiger partial charge in [-0.15, -0.1) is 0 Å². The predicted molar refractivity (Wildman–Crippen MR) is 215 cm³/mol. The average Bonchev–Trinajstić information content (AvgIpc) is 3.24. The van der Waals surface area contributed by atoms with Gasteiger partial charge < -0.3 is 0 Å².